The van der Waals surface area contributed by atoms with Crippen LogP contribution in [0.1, 0.15) is 18.2 Å². The van der Waals surface area contributed by atoms with Gasteiger partial charge in [-0.1, -0.05) is 6.92 Å². The highest BCUT2D eigenvalue weighted by Gasteiger charge is 2.05. The second-order valence-corrected chi connectivity index (χ2v) is 4.86. The fourth-order valence-corrected chi connectivity index (χ4v) is 1.75. The lowest BCUT2D eigenvalue weighted by molar-refractivity contribution is 0.291. The van der Waals surface area contributed by atoms with E-state index in [0.29, 0.717) is 19.1 Å². The molecule has 21 heavy (non-hydrogen) atoms. The van der Waals surface area contributed by atoms with Crippen molar-refractivity contribution in [1.82, 2.24) is 15.0 Å². The molecule has 6 nitrogen and oxygen atoms in total. The first-order valence-electron chi connectivity index (χ1n) is 7.03. The lowest BCUT2D eigenvalue weighted by atomic mass is 10.2. The van der Waals surface area contributed by atoms with Crippen LogP contribution < -0.4 is 15.8 Å². The topological polar surface area (TPSA) is 86.0 Å². The van der Waals surface area contributed by atoms with Crippen molar-refractivity contribution in [2.45, 2.75) is 26.3 Å². The molecule has 2 heterocycles. The van der Waals surface area contributed by atoms with Crippen LogP contribution in [-0.4, -0.2) is 34.1 Å². The van der Waals surface area contributed by atoms with Crippen LogP contribution in [0.5, 0.6) is 5.75 Å². The summed E-state index contributed by atoms with van der Waals surface area (Å²) in [6.45, 7) is 4.96. The van der Waals surface area contributed by atoms with Crippen molar-refractivity contribution in [3.8, 4) is 5.75 Å². The van der Waals surface area contributed by atoms with Gasteiger partial charge in [-0.15, -0.1) is 0 Å². The quantitative estimate of drug-likeness (QED) is 0.803. The summed E-state index contributed by atoms with van der Waals surface area (Å²) >= 11 is 0. The number of anilines is 1. The highest BCUT2D eigenvalue weighted by molar-refractivity contribution is 5.25. The van der Waals surface area contributed by atoms with Crippen LogP contribution in [0.2, 0.25) is 0 Å². The number of nitrogens with two attached hydrogens (primary N) is 1. The van der Waals surface area contributed by atoms with E-state index in [4.69, 9.17) is 10.5 Å². The van der Waals surface area contributed by atoms with Gasteiger partial charge >= 0.3 is 0 Å². The van der Waals surface area contributed by atoms with E-state index in [9.17, 15) is 0 Å². The van der Waals surface area contributed by atoms with Crippen LogP contribution >= 0.6 is 0 Å². The van der Waals surface area contributed by atoms with E-state index in [1.54, 1.807) is 12.4 Å². The van der Waals surface area contributed by atoms with E-state index in [1.807, 2.05) is 25.3 Å². The maximum Gasteiger partial charge on any atom is 0.222 e. The summed E-state index contributed by atoms with van der Waals surface area (Å²) in [6, 6.07) is 3.68. The molecule has 2 rings (SSSR count). The van der Waals surface area contributed by atoms with Crippen LogP contribution in [0.25, 0.3) is 0 Å². The van der Waals surface area contributed by atoms with Crippen molar-refractivity contribution < 1.29 is 4.74 Å². The largest absolute Gasteiger partial charge is 0.490 e. The van der Waals surface area contributed by atoms with Crippen LogP contribution in [-0.2, 0) is 6.42 Å². The van der Waals surface area contributed by atoms with Gasteiger partial charge in [0.05, 0.1) is 12.2 Å². The molecule has 3 N–H and O–H groups in total. The van der Waals surface area contributed by atoms with E-state index in [0.717, 1.165) is 23.4 Å². The molecule has 0 amide bonds. The van der Waals surface area contributed by atoms with Crippen molar-refractivity contribution in [3.63, 3.8) is 0 Å². The van der Waals surface area contributed by atoms with E-state index >= 15 is 0 Å². The summed E-state index contributed by atoms with van der Waals surface area (Å²) in [5.74, 6) is 1.33. The first-order chi connectivity index (χ1) is 10.2. The monoisotopic (exact) mass is 287 g/mol. The highest BCUT2D eigenvalue weighted by Crippen LogP contribution is 2.11. The molecule has 6 heteroatoms. The maximum absolute atomic E-state index is 6.01. The molecule has 0 fully saturated rings. The molecule has 0 aliphatic heterocycles. The van der Waals surface area contributed by atoms with Crippen molar-refractivity contribution >= 4 is 5.95 Å². The standard InChI is InChI=1S/C15H21N5O/c1-3-12-6-14(9-17-7-12)21-10-13(16)8-19-15-18-5-4-11(2)20-15/h4-7,9,13H,3,8,10,16H2,1-2H3,(H,18,19,20)/t13-/m0/s1. The average Bonchev–Trinajstić information content (AvgIpc) is 2.51. The van der Waals surface area contributed by atoms with Gasteiger partial charge in [0.15, 0.2) is 0 Å². The molecule has 0 bridgehead atoms. The predicted octanol–water partition coefficient (Wildman–Crippen LogP) is 1.56. The predicted molar refractivity (Wildman–Crippen MR) is 82.3 cm³/mol. The minimum atomic E-state index is -0.153. The van der Waals surface area contributed by atoms with Gasteiger partial charge < -0.3 is 15.8 Å². The van der Waals surface area contributed by atoms with Crippen LogP contribution in [0, 0.1) is 6.92 Å². The Morgan fingerprint density at radius 1 is 1.38 bits per heavy atom. The number of nitrogens with zero attached hydrogens (tertiary/aromatic N) is 3. The van der Waals surface area contributed by atoms with Crippen molar-refractivity contribution in [3.05, 3.63) is 42.0 Å². The zero-order valence-corrected chi connectivity index (χ0v) is 12.4. The molecule has 2 aromatic rings. The molecule has 0 unspecified atom stereocenters. The van der Waals surface area contributed by atoms with Gasteiger partial charge in [-0.05, 0) is 31.0 Å². The lowest BCUT2D eigenvalue weighted by Gasteiger charge is -2.14. The first-order valence-corrected chi connectivity index (χ1v) is 7.03. The molecule has 0 radical (unpaired) electrons. The zero-order valence-electron chi connectivity index (χ0n) is 12.4. The average molecular weight is 287 g/mol. The van der Waals surface area contributed by atoms with E-state index in [1.165, 1.54) is 0 Å². The Morgan fingerprint density at radius 3 is 3.00 bits per heavy atom. The third kappa shape index (κ3) is 5.00. The number of ether oxygens (including phenoxy) is 1. The van der Waals surface area contributed by atoms with E-state index in [2.05, 4.69) is 27.2 Å². The zero-order chi connectivity index (χ0) is 15.1. The second-order valence-electron chi connectivity index (χ2n) is 4.86. The highest BCUT2D eigenvalue weighted by atomic mass is 16.5. The van der Waals surface area contributed by atoms with Gasteiger partial charge in [0.25, 0.3) is 0 Å². The van der Waals surface area contributed by atoms with Gasteiger partial charge in [-0.2, -0.15) is 0 Å². The van der Waals surface area contributed by atoms with Gasteiger partial charge in [-0.25, -0.2) is 9.97 Å². The fourth-order valence-electron chi connectivity index (χ4n) is 1.75. The van der Waals surface area contributed by atoms with E-state index in [-0.39, 0.29) is 6.04 Å². The van der Waals surface area contributed by atoms with Crippen LogP contribution in [0.3, 0.4) is 0 Å². The molecule has 0 aliphatic carbocycles. The third-order valence-electron chi connectivity index (χ3n) is 2.96. The Labute approximate surface area is 124 Å². The SMILES string of the molecule is CCc1cncc(OC[C@@H](N)CNc2nccc(C)n2)c1. The van der Waals surface area contributed by atoms with Crippen LogP contribution in [0.15, 0.2) is 30.7 Å². The number of pyridine rings is 1. The summed E-state index contributed by atoms with van der Waals surface area (Å²) < 4.78 is 5.65. The molecule has 1 atom stereocenters. The van der Waals surface area contributed by atoms with Gasteiger partial charge in [0.2, 0.25) is 5.95 Å². The number of hydrogen-bond donors (Lipinski definition) is 2. The van der Waals surface area contributed by atoms with Gasteiger partial charge in [0, 0.05) is 24.6 Å². The van der Waals surface area contributed by atoms with E-state index < -0.39 is 0 Å². The summed E-state index contributed by atoms with van der Waals surface area (Å²) in [4.78, 5) is 12.5. The number of hydrogen-bond acceptors (Lipinski definition) is 6. The van der Waals surface area contributed by atoms with Crippen molar-refractivity contribution in [2.75, 3.05) is 18.5 Å². The van der Waals surface area contributed by atoms with Crippen LogP contribution in [0.4, 0.5) is 5.95 Å². The number of nitrogens with one attached hydrogen (secondary N) is 1. The molecule has 0 saturated carbocycles. The smallest absolute Gasteiger partial charge is 0.222 e. The Morgan fingerprint density at radius 2 is 2.24 bits per heavy atom. The summed E-state index contributed by atoms with van der Waals surface area (Å²) in [5, 5.41) is 3.10. The molecular weight excluding hydrogens is 266 g/mol. The normalized spacial score (nSPS) is 12.0. The van der Waals surface area contributed by atoms with Gasteiger partial charge in [-0.3, -0.25) is 4.98 Å². The summed E-state index contributed by atoms with van der Waals surface area (Å²) in [7, 11) is 0. The van der Waals surface area contributed by atoms with Gasteiger partial charge in [0.1, 0.15) is 12.4 Å². The molecule has 0 aliphatic rings. The minimum absolute atomic E-state index is 0.153. The fraction of sp³-hybridized carbons (Fsp3) is 0.400. The Kier molecular flexibility index (Phi) is 5.45. The first kappa shape index (κ1) is 15.2. The number of aromatic nitrogens is 3. The summed E-state index contributed by atoms with van der Waals surface area (Å²) in [6.07, 6.45) is 6.18. The maximum atomic E-state index is 6.01. The Hall–Kier alpha value is -2.21. The van der Waals surface area contributed by atoms with Crippen molar-refractivity contribution in [1.29, 1.82) is 0 Å². The molecule has 112 valence electrons. The molecule has 2 aromatic heterocycles. The lowest BCUT2D eigenvalue weighted by Crippen LogP contribution is -2.35. The number of aryl methyl sites for hydroxylation is 2. The minimum Gasteiger partial charge on any atom is -0.490 e. The Balaban J connectivity index is 1.78. The summed E-state index contributed by atoms with van der Waals surface area (Å²) in [5.41, 5.74) is 8.08. The molecular formula is C15H21N5O. The number of rotatable bonds is 7. The molecule has 0 aromatic carbocycles. The second kappa shape index (κ2) is 7.54. The Bertz CT molecular complexity index is 575. The van der Waals surface area contributed by atoms with Crippen molar-refractivity contribution in [2.24, 2.45) is 5.73 Å². The third-order valence-corrected chi connectivity index (χ3v) is 2.96. The molecule has 0 spiro atoms. The molecule has 0 saturated heterocycles.